The number of pyridine rings is 1. The van der Waals surface area contributed by atoms with Crippen molar-refractivity contribution >= 4 is 28.6 Å². The summed E-state index contributed by atoms with van der Waals surface area (Å²) in [6.45, 7) is 5.11. The smallest absolute Gasteiger partial charge is 0.340 e. The summed E-state index contributed by atoms with van der Waals surface area (Å²) < 4.78 is 12.6. The van der Waals surface area contributed by atoms with Gasteiger partial charge in [-0.15, -0.1) is 0 Å². The van der Waals surface area contributed by atoms with E-state index < -0.39 is 18.5 Å². The highest BCUT2D eigenvalue weighted by molar-refractivity contribution is 5.98. The van der Waals surface area contributed by atoms with E-state index >= 15 is 0 Å². The molecule has 1 aliphatic carbocycles. The molecule has 0 saturated heterocycles. The Balaban J connectivity index is 1.50. The Labute approximate surface area is 198 Å². The molecule has 34 heavy (non-hydrogen) atoms. The first-order chi connectivity index (χ1) is 16.3. The highest BCUT2D eigenvalue weighted by Gasteiger charge is 2.27. The first kappa shape index (κ1) is 23.3. The molecule has 1 N–H and O–H groups in total. The van der Waals surface area contributed by atoms with Gasteiger partial charge in [-0.05, 0) is 57.4 Å². The van der Waals surface area contributed by atoms with E-state index in [2.05, 4.69) is 20.9 Å². The van der Waals surface area contributed by atoms with Crippen molar-refractivity contribution in [3.05, 3.63) is 52.3 Å². The number of hydrogen-bond donors (Lipinski definition) is 1. The van der Waals surface area contributed by atoms with E-state index in [0.717, 1.165) is 42.3 Å². The largest absolute Gasteiger partial charge is 0.497 e. The number of fused-ring (bicyclic) bond motifs is 1. The summed E-state index contributed by atoms with van der Waals surface area (Å²) in [7, 11) is 1.58. The van der Waals surface area contributed by atoms with Crippen LogP contribution in [-0.4, -0.2) is 35.1 Å². The van der Waals surface area contributed by atoms with Crippen molar-refractivity contribution in [2.24, 2.45) is 0 Å². The number of anilines is 1. The van der Waals surface area contributed by atoms with E-state index in [4.69, 9.17) is 9.47 Å². The van der Waals surface area contributed by atoms with Crippen LogP contribution in [0.5, 0.6) is 5.75 Å². The third kappa shape index (κ3) is 4.34. The second-order valence-electron chi connectivity index (χ2n) is 8.66. The molecule has 0 radical (unpaired) electrons. The number of nitrogens with zero attached hydrogens (tertiary/aromatic N) is 3. The maximum atomic E-state index is 12.7. The van der Waals surface area contributed by atoms with Gasteiger partial charge in [0.2, 0.25) is 0 Å². The van der Waals surface area contributed by atoms with Crippen molar-refractivity contribution in [2.75, 3.05) is 19.0 Å². The molecular formula is C26H28N4O4. The minimum Gasteiger partial charge on any atom is -0.497 e. The molecule has 3 aromatic rings. The number of nitriles is 1. The van der Waals surface area contributed by atoms with Gasteiger partial charge in [0.1, 0.15) is 17.6 Å². The molecule has 0 spiro atoms. The lowest BCUT2D eigenvalue weighted by atomic mass is 10.1. The maximum absolute atomic E-state index is 12.7. The number of hydrogen-bond acceptors (Lipinski definition) is 6. The topological polar surface area (TPSA) is 106 Å². The van der Waals surface area contributed by atoms with Crippen LogP contribution in [0.2, 0.25) is 0 Å². The Bertz CT molecular complexity index is 1310. The minimum atomic E-state index is -0.628. The van der Waals surface area contributed by atoms with Gasteiger partial charge < -0.3 is 19.4 Å². The summed E-state index contributed by atoms with van der Waals surface area (Å²) in [5.74, 6) is 0.0496. The van der Waals surface area contributed by atoms with Crippen molar-refractivity contribution in [2.45, 2.75) is 52.5 Å². The van der Waals surface area contributed by atoms with Gasteiger partial charge in [-0.1, -0.05) is 12.8 Å². The molecule has 0 bridgehead atoms. The molecule has 1 amide bonds. The summed E-state index contributed by atoms with van der Waals surface area (Å²) in [4.78, 5) is 29.9. The number of carbonyl (C=O) groups excluding carboxylic acids is 2. The SMILES string of the molecule is COc1ccc2cc(C(=O)OCC(=O)Nc3c(C#N)c(C)c(C)n3C3CCCC3)c(C)nc2c1. The number of benzene rings is 1. The van der Waals surface area contributed by atoms with E-state index in [0.29, 0.717) is 33.9 Å². The number of aromatic nitrogens is 2. The van der Waals surface area contributed by atoms with Gasteiger partial charge in [-0.25, -0.2) is 4.79 Å². The van der Waals surface area contributed by atoms with Crippen LogP contribution in [0.15, 0.2) is 24.3 Å². The van der Waals surface area contributed by atoms with Crippen LogP contribution in [0, 0.1) is 32.1 Å². The molecule has 0 atom stereocenters. The first-order valence-corrected chi connectivity index (χ1v) is 11.4. The fourth-order valence-electron chi connectivity index (χ4n) is 4.66. The predicted molar refractivity (Wildman–Crippen MR) is 128 cm³/mol. The highest BCUT2D eigenvalue weighted by atomic mass is 16.5. The van der Waals surface area contributed by atoms with Crippen molar-refractivity contribution in [1.82, 2.24) is 9.55 Å². The van der Waals surface area contributed by atoms with Gasteiger partial charge in [0.05, 0.1) is 29.4 Å². The Morgan fingerprint density at radius 3 is 2.62 bits per heavy atom. The van der Waals surface area contributed by atoms with Crippen molar-refractivity contribution in [3.63, 3.8) is 0 Å². The Hall–Kier alpha value is -3.86. The fraction of sp³-hybridized carbons (Fsp3) is 0.385. The summed E-state index contributed by atoms with van der Waals surface area (Å²) in [5.41, 5.74) is 3.78. The normalized spacial score (nSPS) is 13.6. The molecule has 1 aromatic carbocycles. The molecule has 176 valence electrons. The van der Waals surface area contributed by atoms with E-state index in [1.807, 2.05) is 19.9 Å². The van der Waals surface area contributed by atoms with Crippen LogP contribution in [0.4, 0.5) is 5.82 Å². The summed E-state index contributed by atoms with van der Waals surface area (Å²) in [6.07, 6.45) is 4.27. The summed E-state index contributed by atoms with van der Waals surface area (Å²) in [5, 5.41) is 13.3. The molecule has 1 fully saturated rings. The quantitative estimate of drug-likeness (QED) is 0.532. The number of aryl methyl sites for hydroxylation is 1. The predicted octanol–water partition coefficient (Wildman–Crippen LogP) is 4.75. The summed E-state index contributed by atoms with van der Waals surface area (Å²) in [6, 6.07) is 9.57. The Kier molecular flexibility index (Phi) is 6.55. The van der Waals surface area contributed by atoms with Gasteiger partial charge in [0, 0.05) is 23.2 Å². The Morgan fingerprint density at radius 1 is 1.21 bits per heavy atom. The molecule has 0 aliphatic heterocycles. The number of methoxy groups -OCH3 is 1. The van der Waals surface area contributed by atoms with Gasteiger partial charge in [-0.3, -0.25) is 9.78 Å². The van der Waals surface area contributed by atoms with E-state index in [1.165, 1.54) is 0 Å². The van der Waals surface area contributed by atoms with E-state index in [9.17, 15) is 14.9 Å². The van der Waals surface area contributed by atoms with Crippen LogP contribution < -0.4 is 10.1 Å². The zero-order valence-electron chi connectivity index (χ0n) is 19.9. The van der Waals surface area contributed by atoms with Crippen LogP contribution in [0.3, 0.4) is 0 Å². The molecule has 1 saturated carbocycles. The minimum absolute atomic E-state index is 0.253. The highest BCUT2D eigenvalue weighted by Crippen LogP contribution is 2.37. The number of amides is 1. The van der Waals surface area contributed by atoms with E-state index in [1.54, 1.807) is 32.2 Å². The molecule has 0 unspecified atom stereocenters. The Morgan fingerprint density at radius 2 is 1.94 bits per heavy atom. The third-order valence-electron chi connectivity index (χ3n) is 6.59. The van der Waals surface area contributed by atoms with Gasteiger partial charge in [0.15, 0.2) is 6.61 Å². The van der Waals surface area contributed by atoms with Gasteiger partial charge >= 0.3 is 5.97 Å². The molecular weight excluding hydrogens is 432 g/mol. The average Bonchev–Trinajstić information content (AvgIpc) is 3.43. The van der Waals surface area contributed by atoms with Crippen LogP contribution in [0.25, 0.3) is 10.9 Å². The number of nitrogens with one attached hydrogen (secondary N) is 1. The molecule has 4 rings (SSSR count). The lowest BCUT2D eigenvalue weighted by Crippen LogP contribution is -2.24. The monoisotopic (exact) mass is 460 g/mol. The number of ether oxygens (including phenoxy) is 2. The fourth-order valence-corrected chi connectivity index (χ4v) is 4.66. The molecule has 1 aliphatic rings. The van der Waals surface area contributed by atoms with E-state index in [-0.39, 0.29) is 6.04 Å². The van der Waals surface area contributed by atoms with Crippen molar-refractivity contribution in [1.29, 1.82) is 5.26 Å². The van der Waals surface area contributed by atoms with Crippen LogP contribution >= 0.6 is 0 Å². The van der Waals surface area contributed by atoms with Crippen LogP contribution in [-0.2, 0) is 9.53 Å². The maximum Gasteiger partial charge on any atom is 0.340 e. The van der Waals surface area contributed by atoms with Crippen LogP contribution in [0.1, 0.15) is 64.6 Å². The van der Waals surface area contributed by atoms with Crippen molar-refractivity contribution < 1.29 is 19.1 Å². The lowest BCUT2D eigenvalue weighted by Gasteiger charge is -2.19. The third-order valence-corrected chi connectivity index (χ3v) is 6.59. The first-order valence-electron chi connectivity index (χ1n) is 11.4. The zero-order chi connectivity index (χ0) is 24.4. The number of esters is 1. The molecule has 2 aromatic heterocycles. The lowest BCUT2D eigenvalue weighted by molar-refractivity contribution is -0.119. The van der Waals surface area contributed by atoms with Crippen molar-refractivity contribution in [3.8, 4) is 11.8 Å². The molecule has 8 heteroatoms. The van der Waals surface area contributed by atoms with Gasteiger partial charge in [-0.2, -0.15) is 5.26 Å². The molecule has 8 nitrogen and oxygen atoms in total. The zero-order valence-corrected chi connectivity index (χ0v) is 19.9. The average molecular weight is 461 g/mol. The molecule has 2 heterocycles. The second-order valence-corrected chi connectivity index (χ2v) is 8.66. The van der Waals surface area contributed by atoms with Gasteiger partial charge in [0.25, 0.3) is 5.91 Å². The summed E-state index contributed by atoms with van der Waals surface area (Å²) >= 11 is 0. The standard InChI is InChI=1S/C26H28N4O4/c1-15-17(3)30(19-7-5-6-8-19)25(22(15)13-27)29-24(31)14-34-26(32)21-11-18-9-10-20(33-4)12-23(18)28-16(21)2/h9-12,19H,5-8,14H2,1-4H3,(H,29,31). The second kappa shape index (κ2) is 9.56. The number of rotatable bonds is 6. The number of carbonyl (C=O) groups is 2.